The number of hydrogen-bond acceptors (Lipinski definition) is 9. The van der Waals surface area contributed by atoms with Gasteiger partial charge in [0.1, 0.15) is 18.9 Å². The maximum atomic E-state index is 13.2. The number of rotatable bonds is 6. The second-order valence-corrected chi connectivity index (χ2v) is 9.14. The van der Waals surface area contributed by atoms with Crippen molar-refractivity contribution in [2.75, 3.05) is 6.61 Å². The Morgan fingerprint density at radius 1 is 1.11 bits per heavy atom. The molecule has 35 heavy (non-hydrogen) atoms. The van der Waals surface area contributed by atoms with Crippen LogP contribution in [0.3, 0.4) is 0 Å². The number of ether oxygens (including phenoxy) is 3. The van der Waals surface area contributed by atoms with Gasteiger partial charge >= 0.3 is 17.6 Å². The third kappa shape index (κ3) is 4.77. The number of fused-ring (bicyclic) bond motifs is 1. The molecule has 12 nitrogen and oxygen atoms in total. The topological polar surface area (TPSA) is 154 Å². The number of carbonyl (C=O) groups excluding carboxylic acids is 4. The quantitative estimate of drug-likeness (QED) is 0.286. The second kappa shape index (κ2) is 9.73. The van der Waals surface area contributed by atoms with Crippen LogP contribution in [0, 0.1) is 3.57 Å². The van der Waals surface area contributed by atoms with Crippen LogP contribution in [0.4, 0.5) is 0 Å². The highest BCUT2D eigenvalue weighted by Gasteiger charge is 2.51. The molecule has 2 aliphatic heterocycles. The van der Waals surface area contributed by atoms with Gasteiger partial charge in [-0.2, -0.15) is 0 Å². The smallest absolute Gasteiger partial charge is 0.330 e. The van der Waals surface area contributed by atoms with Gasteiger partial charge in [-0.15, -0.1) is 0 Å². The summed E-state index contributed by atoms with van der Waals surface area (Å²) in [5.74, 6) is -2.48. The number of aromatic nitrogens is 2. The van der Waals surface area contributed by atoms with Crippen molar-refractivity contribution in [2.24, 2.45) is 0 Å². The van der Waals surface area contributed by atoms with Crippen molar-refractivity contribution >= 4 is 46.3 Å². The highest BCUT2D eigenvalue weighted by atomic mass is 127. The summed E-state index contributed by atoms with van der Waals surface area (Å²) in [5, 5.41) is 0. The van der Waals surface area contributed by atoms with Crippen molar-refractivity contribution < 1.29 is 33.4 Å². The van der Waals surface area contributed by atoms with E-state index in [0.29, 0.717) is 0 Å². The fraction of sp³-hybridized carbons (Fsp3) is 0.364. The van der Waals surface area contributed by atoms with E-state index in [1.807, 2.05) is 0 Å². The molecular weight excluding hydrogens is 577 g/mol. The maximum absolute atomic E-state index is 13.2. The van der Waals surface area contributed by atoms with Crippen LogP contribution in [0.15, 0.2) is 40.1 Å². The van der Waals surface area contributed by atoms with E-state index < -0.39 is 66.1 Å². The number of imide groups is 1. The monoisotopic (exact) mass is 597 g/mol. The molecule has 2 aromatic rings. The summed E-state index contributed by atoms with van der Waals surface area (Å²) >= 11 is 1.75. The summed E-state index contributed by atoms with van der Waals surface area (Å²) < 4.78 is 17.8. The summed E-state index contributed by atoms with van der Waals surface area (Å²) in [6.45, 7) is 1.93. The molecule has 0 radical (unpaired) electrons. The summed E-state index contributed by atoms with van der Waals surface area (Å²) in [6.07, 6.45) is -2.10. The molecule has 1 saturated heterocycles. The van der Waals surface area contributed by atoms with E-state index in [0.717, 1.165) is 16.4 Å². The lowest BCUT2D eigenvalue weighted by molar-refractivity contribution is -0.169. The highest BCUT2D eigenvalue weighted by molar-refractivity contribution is 14.1. The number of halogens is 1. The molecule has 13 heteroatoms. The molecule has 2 aliphatic rings. The lowest BCUT2D eigenvalue weighted by Gasteiger charge is -2.31. The van der Waals surface area contributed by atoms with Gasteiger partial charge in [-0.1, -0.05) is 12.1 Å². The van der Waals surface area contributed by atoms with Crippen LogP contribution in [0.25, 0.3) is 0 Å². The number of nitrogens with zero attached hydrogens (tertiary/aromatic N) is 2. The molecule has 4 atom stereocenters. The molecule has 0 saturated carbocycles. The third-order valence-corrected chi connectivity index (χ3v) is 6.43. The summed E-state index contributed by atoms with van der Waals surface area (Å²) in [4.78, 5) is 77.2. The van der Waals surface area contributed by atoms with E-state index in [1.54, 1.807) is 34.7 Å². The predicted molar refractivity (Wildman–Crippen MR) is 125 cm³/mol. The van der Waals surface area contributed by atoms with Crippen LogP contribution >= 0.6 is 22.6 Å². The van der Waals surface area contributed by atoms with Crippen LogP contribution in [-0.4, -0.2) is 63.1 Å². The van der Waals surface area contributed by atoms with E-state index in [2.05, 4.69) is 4.98 Å². The van der Waals surface area contributed by atoms with Gasteiger partial charge in [0.25, 0.3) is 17.4 Å². The molecule has 4 rings (SSSR count). The fourth-order valence-electron chi connectivity index (χ4n) is 4.23. The Hall–Kier alpha value is -3.33. The number of benzene rings is 1. The number of hydrogen-bond donors (Lipinski definition) is 1. The van der Waals surface area contributed by atoms with E-state index in [1.165, 1.54) is 25.3 Å². The number of H-pyrrole nitrogens is 1. The van der Waals surface area contributed by atoms with Crippen molar-refractivity contribution in [3.63, 3.8) is 0 Å². The molecule has 3 heterocycles. The minimum atomic E-state index is -1.19. The van der Waals surface area contributed by atoms with Crippen LogP contribution < -0.4 is 11.2 Å². The predicted octanol–water partition coefficient (Wildman–Crippen LogP) is 0.588. The SMILES string of the molecule is CC(=O)OC[C@@H](OC(C)=O)[C@H]1O[C@H](n2cc(I)c(=O)[nH]c2=O)C[C@@H]1N1C(=O)c2ccccc2C1=O. The first-order chi connectivity index (χ1) is 16.6. The first-order valence-corrected chi connectivity index (χ1v) is 11.6. The van der Waals surface area contributed by atoms with Crippen LogP contribution in [0.2, 0.25) is 0 Å². The van der Waals surface area contributed by atoms with Gasteiger partial charge in [0, 0.05) is 26.5 Å². The van der Waals surface area contributed by atoms with Crippen molar-refractivity contribution in [1.82, 2.24) is 14.5 Å². The average molecular weight is 597 g/mol. The Labute approximate surface area is 211 Å². The molecule has 1 aromatic heterocycles. The van der Waals surface area contributed by atoms with Crippen molar-refractivity contribution in [2.45, 2.75) is 44.7 Å². The zero-order valence-electron chi connectivity index (χ0n) is 18.6. The lowest BCUT2D eigenvalue weighted by Crippen LogP contribution is -2.51. The van der Waals surface area contributed by atoms with Crippen LogP contribution in [-0.2, 0) is 23.8 Å². The van der Waals surface area contributed by atoms with Gasteiger partial charge in [-0.05, 0) is 34.7 Å². The van der Waals surface area contributed by atoms with Gasteiger partial charge in [0.2, 0.25) is 0 Å². The molecule has 0 aliphatic carbocycles. The molecule has 1 N–H and O–H groups in total. The maximum Gasteiger partial charge on any atom is 0.330 e. The van der Waals surface area contributed by atoms with E-state index >= 15 is 0 Å². The van der Waals surface area contributed by atoms with Gasteiger partial charge in [0.05, 0.1) is 20.7 Å². The third-order valence-electron chi connectivity index (χ3n) is 5.66. The fourth-order valence-corrected chi connectivity index (χ4v) is 4.66. The first kappa shape index (κ1) is 24.8. The van der Waals surface area contributed by atoms with Crippen LogP contribution in [0.5, 0.6) is 0 Å². The Morgan fingerprint density at radius 3 is 2.31 bits per heavy atom. The molecule has 0 bridgehead atoms. The Bertz CT molecular complexity index is 1300. The Morgan fingerprint density at radius 2 is 1.74 bits per heavy atom. The van der Waals surface area contributed by atoms with Gasteiger partial charge in [-0.3, -0.25) is 38.4 Å². The number of nitrogens with one attached hydrogen (secondary N) is 1. The van der Waals surface area contributed by atoms with Crippen molar-refractivity contribution in [3.05, 3.63) is 66.0 Å². The zero-order chi connectivity index (χ0) is 25.4. The molecule has 184 valence electrons. The number of esters is 2. The largest absolute Gasteiger partial charge is 0.462 e. The van der Waals surface area contributed by atoms with E-state index in [9.17, 15) is 28.8 Å². The normalized spacial score (nSPS) is 22.1. The summed E-state index contributed by atoms with van der Waals surface area (Å²) in [7, 11) is 0. The molecule has 0 spiro atoms. The highest BCUT2D eigenvalue weighted by Crippen LogP contribution is 2.38. The minimum Gasteiger partial charge on any atom is -0.462 e. The standard InChI is InChI=1S/C22H20IN3O9/c1-10(27)33-9-16(34-11(2)28)18-15(26-20(30)12-5-3-4-6-13(12)21(26)31)7-17(35-18)25-8-14(23)19(29)24-22(25)32/h3-6,8,15-18H,7,9H2,1-2H3,(H,24,29,32)/t15-,16+,17-,18-/m0/s1. The summed E-state index contributed by atoms with van der Waals surface area (Å²) in [5.41, 5.74) is -0.920. The number of aromatic amines is 1. The minimum absolute atomic E-state index is 0.0456. The molecule has 1 aromatic carbocycles. The second-order valence-electron chi connectivity index (χ2n) is 7.98. The molecule has 1 fully saturated rings. The Kier molecular flexibility index (Phi) is 6.89. The molecule has 0 unspecified atom stereocenters. The lowest BCUT2D eigenvalue weighted by atomic mass is 10.0. The van der Waals surface area contributed by atoms with Gasteiger partial charge in [0.15, 0.2) is 6.10 Å². The van der Waals surface area contributed by atoms with Gasteiger partial charge in [-0.25, -0.2) is 4.79 Å². The Balaban J connectivity index is 1.76. The van der Waals surface area contributed by atoms with E-state index in [4.69, 9.17) is 14.2 Å². The van der Waals surface area contributed by atoms with E-state index in [-0.39, 0.29) is 21.1 Å². The van der Waals surface area contributed by atoms with Crippen molar-refractivity contribution in [1.29, 1.82) is 0 Å². The molecule has 2 amide bonds. The average Bonchev–Trinajstić information content (AvgIpc) is 3.33. The van der Waals surface area contributed by atoms with Crippen molar-refractivity contribution in [3.8, 4) is 0 Å². The number of amides is 2. The zero-order valence-corrected chi connectivity index (χ0v) is 20.7. The number of carbonyl (C=O) groups is 4. The molecular formula is C22H20IN3O9. The van der Waals surface area contributed by atoms with Gasteiger partial charge < -0.3 is 14.2 Å². The first-order valence-electron chi connectivity index (χ1n) is 10.5. The van der Waals surface area contributed by atoms with Crippen LogP contribution in [0.1, 0.15) is 47.2 Å². The summed E-state index contributed by atoms with van der Waals surface area (Å²) in [6, 6.07) is 5.32.